The highest BCUT2D eigenvalue weighted by atomic mass is 16.7. The van der Waals surface area contributed by atoms with Crippen LogP contribution >= 0.6 is 0 Å². The van der Waals surface area contributed by atoms with E-state index in [1.807, 2.05) is 0 Å². The van der Waals surface area contributed by atoms with Crippen LogP contribution in [0.3, 0.4) is 0 Å². The van der Waals surface area contributed by atoms with Gasteiger partial charge in [0.15, 0.2) is 5.60 Å². The molecule has 2 aliphatic heterocycles. The molecule has 0 bridgehead atoms. The molecular weight excluding hydrogens is 278 g/mol. The van der Waals surface area contributed by atoms with Crippen LogP contribution in [0.25, 0.3) is 0 Å². The lowest BCUT2D eigenvalue weighted by Gasteiger charge is -2.28. The van der Waals surface area contributed by atoms with Gasteiger partial charge in [0.1, 0.15) is 0 Å². The lowest BCUT2D eigenvalue weighted by molar-refractivity contribution is -0.385. The van der Waals surface area contributed by atoms with E-state index >= 15 is 0 Å². The van der Waals surface area contributed by atoms with Crippen molar-refractivity contribution in [2.45, 2.75) is 30.9 Å². The highest BCUT2D eigenvalue weighted by Crippen LogP contribution is 2.40. The Bertz CT molecular complexity index is 632. The molecule has 110 valence electrons. The van der Waals surface area contributed by atoms with E-state index < -0.39 is 22.5 Å². The molecule has 1 spiro atoms. The number of hydroxylamine groups is 1. The van der Waals surface area contributed by atoms with Crippen LogP contribution in [-0.4, -0.2) is 22.3 Å². The van der Waals surface area contributed by atoms with Gasteiger partial charge < -0.3 is 0 Å². The average molecular weight is 291 g/mol. The van der Waals surface area contributed by atoms with E-state index in [2.05, 4.69) is 10.8 Å². The van der Waals surface area contributed by atoms with Crippen molar-refractivity contribution in [2.75, 3.05) is 0 Å². The van der Waals surface area contributed by atoms with Gasteiger partial charge >= 0.3 is 0 Å². The first-order chi connectivity index (χ1) is 10.0. The van der Waals surface area contributed by atoms with Gasteiger partial charge in [0.25, 0.3) is 11.6 Å². The Morgan fingerprint density at radius 3 is 2.81 bits per heavy atom. The van der Waals surface area contributed by atoms with Gasteiger partial charge in [0.05, 0.1) is 11.0 Å². The molecule has 2 amide bonds. The number of hydrogen-bond donors (Lipinski definition) is 2. The maximum absolute atomic E-state index is 12.0. The largest absolute Gasteiger partial charge is 0.294 e. The number of hydrogen-bond acceptors (Lipinski definition) is 6. The summed E-state index contributed by atoms with van der Waals surface area (Å²) in [6.45, 7) is 0. The molecule has 0 aliphatic carbocycles. The summed E-state index contributed by atoms with van der Waals surface area (Å²) in [6, 6.07) is 5.85. The van der Waals surface area contributed by atoms with E-state index in [0.29, 0.717) is 5.56 Å². The van der Waals surface area contributed by atoms with Gasteiger partial charge in [0.2, 0.25) is 5.91 Å². The number of nitrogens with one attached hydrogen (secondary N) is 2. The molecule has 2 heterocycles. The molecule has 1 aromatic carbocycles. The number of carbonyl (C=O) groups excluding carboxylic acids is 2. The molecule has 2 N–H and O–H groups in total. The molecule has 2 fully saturated rings. The number of benzene rings is 1. The van der Waals surface area contributed by atoms with Crippen LogP contribution in [0.4, 0.5) is 5.69 Å². The van der Waals surface area contributed by atoms with Crippen LogP contribution < -0.4 is 10.8 Å². The smallest absolute Gasteiger partial charge is 0.274 e. The van der Waals surface area contributed by atoms with Crippen molar-refractivity contribution in [1.29, 1.82) is 0 Å². The van der Waals surface area contributed by atoms with Gasteiger partial charge in [-0.15, -0.1) is 0 Å². The third kappa shape index (κ3) is 2.28. The summed E-state index contributed by atoms with van der Waals surface area (Å²) >= 11 is 0. The fraction of sp³-hybridized carbons (Fsp3) is 0.385. The van der Waals surface area contributed by atoms with E-state index in [1.165, 1.54) is 6.07 Å². The number of nitro groups is 1. The minimum absolute atomic E-state index is 0.0251. The molecule has 2 atom stereocenters. The first-order valence-electron chi connectivity index (χ1n) is 6.53. The Balaban J connectivity index is 1.86. The van der Waals surface area contributed by atoms with Crippen LogP contribution in [-0.2, 0) is 14.4 Å². The number of piperidine rings is 1. The van der Waals surface area contributed by atoms with Crippen molar-refractivity contribution in [3.63, 3.8) is 0 Å². The summed E-state index contributed by atoms with van der Waals surface area (Å²) < 4.78 is 0. The van der Waals surface area contributed by atoms with Crippen LogP contribution in [0.5, 0.6) is 0 Å². The zero-order valence-electron chi connectivity index (χ0n) is 11.0. The van der Waals surface area contributed by atoms with Crippen molar-refractivity contribution in [3.05, 3.63) is 39.9 Å². The standard InChI is InChI=1S/C13H13N3O5/c17-11-5-6-13(12(18)14-11)7-9(15-21-13)8-3-1-2-4-10(8)16(19)20/h1-4,9,15H,5-7H2,(H,14,17,18)/t9?,13-/m0/s1. The fourth-order valence-electron chi connectivity index (χ4n) is 2.74. The third-order valence-electron chi connectivity index (χ3n) is 3.86. The van der Waals surface area contributed by atoms with Crippen LogP contribution in [0.2, 0.25) is 0 Å². The van der Waals surface area contributed by atoms with Crippen molar-refractivity contribution in [2.24, 2.45) is 0 Å². The van der Waals surface area contributed by atoms with Crippen LogP contribution in [0.1, 0.15) is 30.9 Å². The zero-order valence-corrected chi connectivity index (χ0v) is 11.0. The molecular formula is C13H13N3O5. The minimum atomic E-state index is -1.14. The molecule has 0 radical (unpaired) electrons. The quantitative estimate of drug-likeness (QED) is 0.472. The Hall–Kier alpha value is -2.32. The van der Waals surface area contributed by atoms with E-state index in [0.717, 1.165) is 0 Å². The van der Waals surface area contributed by atoms with Gasteiger partial charge in [-0.05, 0) is 6.42 Å². The van der Waals surface area contributed by atoms with Crippen molar-refractivity contribution < 1.29 is 19.3 Å². The first-order valence-corrected chi connectivity index (χ1v) is 6.53. The number of para-hydroxylation sites is 1. The number of nitrogens with zero attached hydrogens (tertiary/aromatic N) is 1. The number of amides is 2. The van der Waals surface area contributed by atoms with Gasteiger partial charge in [-0.25, -0.2) is 0 Å². The molecule has 2 aliphatic rings. The van der Waals surface area contributed by atoms with Crippen LogP contribution in [0.15, 0.2) is 24.3 Å². The second-order valence-corrected chi connectivity index (χ2v) is 5.16. The monoisotopic (exact) mass is 291 g/mol. The van der Waals surface area contributed by atoms with Crippen molar-refractivity contribution in [1.82, 2.24) is 10.8 Å². The van der Waals surface area contributed by atoms with Gasteiger partial charge in [-0.1, -0.05) is 18.2 Å². The summed E-state index contributed by atoms with van der Waals surface area (Å²) in [4.78, 5) is 39.2. The summed E-state index contributed by atoms with van der Waals surface area (Å²) in [7, 11) is 0. The van der Waals surface area contributed by atoms with Gasteiger partial charge in [0, 0.05) is 24.5 Å². The molecule has 0 saturated carbocycles. The molecule has 8 heteroatoms. The Labute approximate surface area is 119 Å². The Morgan fingerprint density at radius 2 is 2.10 bits per heavy atom. The number of nitro benzene ring substituents is 1. The average Bonchev–Trinajstić information content (AvgIpc) is 2.89. The van der Waals surface area contributed by atoms with Crippen molar-refractivity contribution in [3.8, 4) is 0 Å². The SMILES string of the molecule is O=C1CC[C@]2(CC(c3ccccc3[N+](=O)[O-])NO2)C(=O)N1. The number of carbonyl (C=O) groups is 2. The summed E-state index contributed by atoms with van der Waals surface area (Å²) in [6.07, 6.45) is 0.704. The number of imide groups is 1. The predicted molar refractivity (Wildman–Crippen MR) is 69.8 cm³/mol. The van der Waals surface area contributed by atoms with Gasteiger partial charge in [-0.2, -0.15) is 5.48 Å². The molecule has 21 heavy (non-hydrogen) atoms. The Morgan fingerprint density at radius 1 is 1.33 bits per heavy atom. The lowest BCUT2D eigenvalue weighted by Crippen LogP contribution is -2.53. The highest BCUT2D eigenvalue weighted by Gasteiger charge is 2.51. The van der Waals surface area contributed by atoms with E-state index in [-0.39, 0.29) is 30.9 Å². The topological polar surface area (TPSA) is 111 Å². The fourth-order valence-corrected chi connectivity index (χ4v) is 2.74. The Kier molecular flexibility index (Phi) is 3.19. The van der Waals surface area contributed by atoms with E-state index in [1.54, 1.807) is 18.2 Å². The molecule has 1 aromatic rings. The second kappa shape index (κ2) is 4.90. The molecule has 2 saturated heterocycles. The normalized spacial score (nSPS) is 28.7. The van der Waals surface area contributed by atoms with Gasteiger partial charge in [-0.3, -0.25) is 29.9 Å². The number of rotatable bonds is 2. The maximum Gasteiger partial charge on any atom is 0.274 e. The zero-order chi connectivity index (χ0) is 15.0. The summed E-state index contributed by atoms with van der Waals surface area (Å²) in [5, 5.41) is 13.3. The minimum Gasteiger partial charge on any atom is -0.294 e. The maximum atomic E-state index is 12.0. The molecule has 8 nitrogen and oxygen atoms in total. The van der Waals surface area contributed by atoms with E-state index in [4.69, 9.17) is 4.84 Å². The predicted octanol–water partition coefficient (Wildman–Crippen LogP) is 0.736. The summed E-state index contributed by atoms with van der Waals surface area (Å²) in [5.41, 5.74) is 2.00. The second-order valence-electron chi connectivity index (χ2n) is 5.16. The molecule has 3 rings (SSSR count). The molecule has 1 unspecified atom stereocenters. The lowest BCUT2D eigenvalue weighted by atomic mass is 9.85. The van der Waals surface area contributed by atoms with Crippen LogP contribution in [0, 0.1) is 10.1 Å². The van der Waals surface area contributed by atoms with Crippen molar-refractivity contribution >= 4 is 17.5 Å². The highest BCUT2D eigenvalue weighted by molar-refractivity contribution is 6.02. The van der Waals surface area contributed by atoms with E-state index in [9.17, 15) is 19.7 Å². The summed E-state index contributed by atoms with van der Waals surface area (Å²) in [5.74, 6) is -0.823. The molecule has 0 aromatic heterocycles. The third-order valence-corrected chi connectivity index (χ3v) is 3.86. The first kappa shape index (κ1) is 13.7.